The van der Waals surface area contributed by atoms with Crippen molar-refractivity contribution in [1.29, 1.82) is 0 Å². The van der Waals surface area contributed by atoms with Gasteiger partial charge in [0.15, 0.2) is 0 Å². The molecule has 0 aliphatic rings. The highest BCUT2D eigenvalue weighted by Gasteiger charge is 2.15. The van der Waals surface area contributed by atoms with Crippen LogP contribution in [0.4, 0.5) is 11.4 Å². The van der Waals surface area contributed by atoms with Crippen LogP contribution < -0.4 is 10.6 Å². The average Bonchev–Trinajstić information content (AvgIpc) is 2.73. The quantitative estimate of drug-likeness (QED) is 0.422. The fraction of sp³-hybridized carbons (Fsp3) is 0.517. The van der Waals surface area contributed by atoms with Crippen LogP contribution in [0.2, 0.25) is 0 Å². The van der Waals surface area contributed by atoms with Crippen LogP contribution in [0.1, 0.15) is 75.4 Å². The highest BCUT2D eigenvalue weighted by atomic mass is 14.9. The molecule has 2 N–H and O–H groups in total. The van der Waals surface area contributed by atoms with Crippen molar-refractivity contribution >= 4 is 11.4 Å². The Labute approximate surface area is 191 Å². The molecule has 0 spiro atoms. The van der Waals surface area contributed by atoms with Gasteiger partial charge in [-0.15, -0.1) is 0 Å². The third-order valence-electron chi connectivity index (χ3n) is 7.77. The Morgan fingerprint density at radius 2 is 0.968 bits per heavy atom. The first-order valence-electron chi connectivity index (χ1n) is 11.7. The SMILES string of the molecule is C=C(CCNc1c(C)c(C)c(C)c(C)c1C)CC(C)Nc1c(C)c(C)c(C)c(C)c1C. The molecule has 2 aromatic carbocycles. The Balaban J connectivity index is 2.00. The van der Waals surface area contributed by atoms with Gasteiger partial charge in [0.05, 0.1) is 0 Å². The van der Waals surface area contributed by atoms with E-state index in [1.807, 2.05) is 0 Å². The number of benzene rings is 2. The summed E-state index contributed by atoms with van der Waals surface area (Å²) < 4.78 is 0. The van der Waals surface area contributed by atoms with E-state index >= 15 is 0 Å². The molecular formula is C29H44N2. The summed E-state index contributed by atoms with van der Waals surface area (Å²) in [7, 11) is 0. The normalized spacial score (nSPS) is 12.1. The number of hydrogen-bond acceptors (Lipinski definition) is 2. The van der Waals surface area contributed by atoms with Gasteiger partial charge in [0.1, 0.15) is 0 Å². The summed E-state index contributed by atoms with van der Waals surface area (Å²) in [6, 6.07) is 0.360. The zero-order chi connectivity index (χ0) is 23.6. The second-order valence-electron chi connectivity index (χ2n) is 9.68. The lowest BCUT2D eigenvalue weighted by atomic mass is 9.92. The molecule has 2 heteroatoms. The number of rotatable bonds is 8. The molecule has 0 aliphatic carbocycles. The highest BCUT2D eigenvalue weighted by molar-refractivity contribution is 5.66. The summed E-state index contributed by atoms with van der Waals surface area (Å²) >= 11 is 0. The van der Waals surface area contributed by atoms with Gasteiger partial charge >= 0.3 is 0 Å². The molecule has 0 fully saturated rings. The number of hydrogen-bond donors (Lipinski definition) is 2. The van der Waals surface area contributed by atoms with Gasteiger partial charge in [0, 0.05) is 24.0 Å². The van der Waals surface area contributed by atoms with Crippen molar-refractivity contribution in [1.82, 2.24) is 0 Å². The van der Waals surface area contributed by atoms with Gasteiger partial charge in [-0.1, -0.05) is 12.2 Å². The molecule has 1 unspecified atom stereocenters. The summed E-state index contributed by atoms with van der Waals surface area (Å²) in [5, 5.41) is 7.49. The molecule has 0 aliphatic heterocycles. The van der Waals surface area contributed by atoms with Crippen LogP contribution in [0.15, 0.2) is 12.2 Å². The Bertz CT molecular complexity index is 937. The lowest BCUT2D eigenvalue weighted by molar-refractivity contribution is 0.751. The van der Waals surface area contributed by atoms with Gasteiger partial charge in [-0.3, -0.25) is 0 Å². The lowest BCUT2D eigenvalue weighted by Gasteiger charge is -2.24. The van der Waals surface area contributed by atoms with E-state index in [4.69, 9.17) is 0 Å². The first kappa shape index (κ1) is 25.0. The zero-order valence-corrected chi connectivity index (χ0v) is 21.9. The van der Waals surface area contributed by atoms with Gasteiger partial charge in [-0.2, -0.15) is 0 Å². The molecule has 0 radical (unpaired) electrons. The fourth-order valence-electron chi connectivity index (χ4n) is 4.68. The van der Waals surface area contributed by atoms with Crippen LogP contribution in [0, 0.1) is 69.2 Å². The minimum atomic E-state index is 0.360. The van der Waals surface area contributed by atoms with Gasteiger partial charge in [-0.25, -0.2) is 0 Å². The third-order valence-corrected chi connectivity index (χ3v) is 7.77. The second-order valence-corrected chi connectivity index (χ2v) is 9.68. The average molecular weight is 421 g/mol. The maximum absolute atomic E-state index is 4.38. The van der Waals surface area contributed by atoms with Crippen molar-refractivity contribution in [3.05, 3.63) is 67.8 Å². The largest absolute Gasteiger partial charge is 0.384 e. The van der Waals surface area contributed by atoms with Gasteiger partial charge in [-0.05, 0) is 145 Å². The van der Waals surface area contributed by atoms with Gasteiger partial charge < -0.3 is 10.6 Å². The summed E-state index contributed by atoms with van der Waals surface area (Å²) in [6.07, 6.45) is 1.97. The molecule has 0 bridgehead atoms. The monoisotopic (exact) mass is 420 g/mol. The molecule has 2 nitrogen and oxygen atoms in total. The summed E-state index contributed by atoms with van der Waals surface area (Å²) in [6.45, 7) is 29.9. The van der Waals surface area contributed by atoms with E-state index in [0.29, 0.717) is 6.04 Å². The standard InChI is InChI=1S/C29H44N2/c1-16(13-14-30-28-24(9)20(5)18(3)21(6)25(28)10)15-17(2)31-29-26(11)22(7)19(4)23(8)27(29)12/h17,30-31H,1,13-15H2,2-12H3. The predicted molar refractivity (Wildman–Crippen MR) is 140 cm³/mol. The van der Waals surface area contributed by atoms with E-state index in [1.54, 1.807) is 0 Å². The van der Waals surface area contributed by atoms with E-state index in [-0.39, 0.29) is 0 Å². The van der Waals surface area contributed by atoms with Crippen LogP contribution in [-0.4, -0.2) is 12.6 Å². The van der Waals surface area contributed by atoms with Crippen molar-refractivity contribution in [3.63, 3.8) is 0 Å². The van der Waals surface area contributed by atoms with Crippen molar-refractivity contribution in [2.45, 2.75) is 95.0 Å². The topological polar surface area (TPSA) is 24.1 Å². The number of nitrogens with one attached hydrogen (secondary N) is 2. The molecule has 170 valence electrons. The van der Waals surface area contributed by atoms with Crippen molar-refractivity contribution in [3.8, 4) is 0 Å². The Morgan fingerprint density at radius 3 is 1.39 bits per heavy atom. The Hall–Kier alpha value is -2.22. The molecule has 0 heterocycles. The van der Waals surface area contributed by atoms with E-state index < -0.39 is 0 Å². The molecule has 1 atom stereocenters. The molecule has 2 rings (SSSR count). The van der Waals surface area contributed by atoms with Crippen LogP contribution in [-0.2, 0) is 0 Å². The molecule has 0 saturated heterocycles. The maximum Gasteiger partial charge on any atom is 0.0407 e. The lowest BCUT2D eigenvalue weighted by Crippen LogP contribution is -2.19. The molecule has 0 amide bonds. The number of anilines is 2. The summed E-state index contributed by atoms with van der Waals surface area (Å²) in [5.41, 5.74) is 17.8. The van der Waals surface area contributed by atoms with Crippen LogP contribution >= 0.6 is 0 Å². The third kappa shape index (κ3) is 5.17. The molecule has 0 aromatic heterocycles. The Morgan fingerprint density at radius 1 is 0.613 bits per heavy atom. The minimum Gasteiger partial charge on any atom is -0.384 e. The molecule has 31 heavy (non-hydrogen) atoms. The van der Waals surface area contributed by atoms with E-state index in [9.17, 15) is 0 Å². The van der Waals surface area contributed by atoms with E-state index in [2.05, 4.69) is 93.4 Å². The van der Waals surface area contributed by atoms with E-state index in [0.717, 1.165) is 19.4 Å². The van der Waals surface area contributed by atoms with Crippen molar-refractivity contribution in [2.75, 3.05) is 17.2 Å². The summed E-state index contributed by atoms with van der Waals surface area (Å²) in [5.74, 6) is 0. The predicted octanol–water partition coefficient (Wildman–Crippen LogP) is 8.02. The fourth-order valence-corrected chi connectivity index (χ4v) is 4.68. The van der Waals surface area contributed by atoms with Crippen LogP contribution in [0.25, 0.3) is 0 Å². The maximum atomic E-state index is 4.38. The summed E-state index contributed by atoms with van der Waals surface area (Å²) in [4.78, 5) is 0. The van der Waals surface area contributed by atoms with Crippen molar-refractivity contribution in [2.24, 2.45) is 0 Å². The Kier molecular flexibility index (Phi) is 8.03. The van der Waals surface area contributed by atoms with Crippen LogP contribution in [0.5, 0.6) is 0 Å². The molecular weight excluding hydrogens is 376 g/mol. The van der Waals surface area contributed by atoms with Crippen LogP contribution in [0.3, 0.4) is 0 Å². The van der Waals surface area contributed by atoms with Gasteiger partial charge in [0.2, 0.25) is 0 Å². The molecule has 2 aromatic rings. The first-order chi connectivity index (χ1) is 14.4. The first-order valence-corrected chi connectivity index (χ1v) is 11.7. The minimum absolute atomic E-state index is 0.360. The van der Waals surface area contributed by atoms with Crippen molar-refractivity contribution < 1.29 is 0 Å². The highest BCUT2D eigenvalue weighted by Crippen LogP contribution is 2.32. The molecule has 0 saturated carbocycles. The van der Waals surface area contributed by atoms with E-state index in [1.165, 1.54) is 72.6 Å². The second kappa shape index (κ2) is 9.94. The zero-order valence-electron chi connectivity index (χ0n) is 21.9. The smallest absolute Gasteiger partial charge is 0.0407 e. The van der Waals surface area contributed by atoms with Gasteiger partial charge in [0.25, 0.3) is 0 Å².